The number of furan rings is 1. The minimum absolute atomic E-state index is 0.265. The molecule has 0 amide bonds. The van der Waals surface area contributed by atoms with Gasteiger partial charge in [-0.1, -0.05) is 0 Å². The Balaban J connectivity index is 1.80. The first-order valence-electron chi connectivity index (χ1n) is 5.97. The summed E-state index contributed by atoms with van der Waals surface area (Å²) < 4.78 is 10.8. The van der Waals surface area contributed by atoms with Crippen molar-refractivity contribution in [3.8, 4) is 0 Å². The third-order valence-electron chi connectivity index (χ3n) is 3.12. The van der Waals surface area contributed by atoms with Gasteiger partial charge in [0, 0.05) is 12.6 Å². The number of nitrogens with two attached hydrogens (primary N) is 1. The van der Waals surface area contributed by atoms with Crippen LogP contribution in [-0.4, -0.2) is 18.8 Å². The highest BCUT2D eigenvalue weighted by atomic mass is 16.5. The molecule has 90 valence electrons. The molecule has 0 aliphatic carbocycles. The molecule has 1 fully saturated rings. The number of hydrogen-bond acceptors (Lipinski definition) is 4. The number of nitrogens with one attached hydrogen (secondary N) is 1. The lowest BCUT2D eigenvalue weighted by atomic mass is 9.98. The van der Waals surface area contributed by atoms with Crippen molar-refractivity contribution in [2.75, 3.05) is 6.61 Å². The fraction of sp³-hybridized carbons (Fsp3) is 0.667. The molecule has 2 atom stereocenters. The van der Waals surface area contributed by atoms with Gasteiger partial charge in [0.1, 0.15) is 0 Å². The Labute approximate surface area is 96.1 Å². The molecule has 4 heteroatoms. The third kappa shape index (κ3) is 3.33. The summed E-state index contributed by atoms with van der Waals surface area (Å²) in [7, 11) is 0. The maximum atomic E-state index is 5.71. The molecule has 2 heterocycles. The van der Waals surface area contributed by atoms with Gasteiger partial charge in [-0.25, -0.2) is 0 Å². The zero-order valence-electron chi connectivity index (χ0n) is 9.52. The number of ether oxygens (including phenoxy) is 1. The summed E-state index contributed by atoms with van der Waals surface area (Å²) in [4.78, 5) is 0. The first kappa shape index (κ1) is 11.6. The number of hydrazine groups is 1. The largest absolute Gasteiger partial charge is 0.472 e. The first-order valence-corrected chi connectivity index (χ1v) is 5.97. The zero-order chi connectivity index (χ0) is 11.2. The second kappa shape index (κ2) is 6.03. The molecule has 16 heavy (non-hydrogen) atoms. The van der Waals surface area contributed by atoms with Gasteiger partial charge in [-0.2, -0.15) is 0 Å². The van der Waals surface area contributed by atoms with E-state index in [1.807, 2.05) is 6.07 Å². The van der Waals surface area contributed by atoms with Gasteiger partial charge in [-0.05, 0) is 43.7 Å². The lowest BCUT2D eigenvalue weighted by molar-refractivity contribution is 0.00523. The van der Waals surface area contributed by atoms with Gasteiger partial charge in [-0.15, -0.1) is 0 Å². The van der Waals surface area contributed by atoms with Gasteiger partial charge in [0.2, 0.25) is 0 Å². The van der Waals surface area contributed by atoms with Crippen molar-refractivity contribution in [2.45, 2.75) is 44.2 Å². The molecule has 4 nitrogen and oxygen atoms in total. The Morgan fingerprint density at radius 3 is 3.06 bits per heavy atom. The van der Waals surface area contributed by atoms with E-state index in [0.29, 0.717) is 6.10 Å². The van der Waals surface area contributed by atoms with E-state index in [2.05, 4.69) is 5.43 Å². The predicted octanol–water partition coefficient (Wildman–Crippen LogP) is 1.61. The molecular formula is C12H20N2O2. The van der Waals surface area contributed by atoms with E-state index in [1.54, 1.807) is 12.5 Å². The van der Waals surface area contributed by atoms with Crippen molar-refractivity contribution in [1.29, 1.82) is 0 Å². The second-order valence-corrected chi connectivity index (χ2v) is 4.42. The fourth-order valence-electron chi connectivity index (χ4n) is 2.21. The van der Waals surface area contributed by atoms with Crippen LogP contribution in [0.2, 0.25) is 0 Å². The SMILES string of the molecule is NNC(Cc1ccoc1)CC1CCCCO1. The minimum Gasteiger partial charge on any atom is -0.472 e. The molecule has 1 saturated heterocycles. The van der Waals surface area contributed by atoms with Crippen molar-refractivity contribution in [3.05, 3.63) is 24.2 Å². The molecule has 0 spiro atoms. The molecule has 0 bridgehead atoms. The Morgan fingerprint density at radius 1 is 1.50 bits per heavy atom. The van der Waals surface area contributed by atoms with Gasteiger partial charge in [0.25, 0.3) is 0 Å². The van der Waals surface area contributed by atoms with Crippen LogP contribution in [0.3, 0.4) is 0 Å². The molecule has 2 unspecified atom stereocenters. The van der Waals surface area contributed by atoms with E-state index in [-0.39, 0.29) is 6.04 Å². The molecular weight excluding hydrogens is 204 g/mol. The Kier molecular flexibility index (Phi) is 4.39. The van der Waals surface area contributed by atoms with Crippen LogP contribution in [0.25, 0.3) is 0 Å². The van der Waals surface area contributed by atoms with Crippen LogP contribution in [0.1, 0.15) is 31.2 Å². The topological polar surface area (TPSA) is 60.4 Å². The third-order valence-corrected chi connectivity index (χ3v) is 3.12. The van der Waals surface area contributed by atoms with Gasteiger partial charge >= 0.3 is 0 Å². The van der Waals surface area contributed by atoms with Crippen molar-refractivity contribution in [1.82, 2.24) is 5.43 Å². The maximum Gasteiger partial charge on any atom is 0.0935 e. The molecule has 3 N–H and O–H groups in total. The fourth-order valence-corrected chi connectivity index (χ4v) is 2.21. The summed E-state index contributed by atoms with van der Waals surface area (Å²) in [5.41, 5.74) is 4.05. The summed E-state index contributed by atoms with van der Waals surface area (Å²) in [5, 5.41) is 0. The Morgan fingerprint density at radius 2 is 2.44 bits per heavy atom. The van der Waals surface area contributed by atoms with Crippen molar-refractivity contribution in [3.63, 3.8) is 0 Å². The predicted molar refractivity (Wildman–Crippen MR) is 61.7 cm³/mol. The summed E-state index contributed by atoms with van der Waals surface area (Å²) in [6, 6.07) is 2.24. The lowest BCUT2D eigenvalue weighted by Crippen LogP contribution is -2.40. The molecule has 0 aromatic carbocycles. The highest BCUT2D eigenvalue weighted by Gasteiger charge is 2.19. The quantitative estimate of drug-likeness (QED) is 0.589. The first-order chi connectivity index (χ1) is 7.88. The maximum absolute atomic E-state index is 5.71. The Hall–Kier alpha value is -0.840. The molecule has 1 aliphatic rings. The summed E-state index contributed by atoms with van der Waals surface area (Å²) in [5.74, 6) is 5.57. The number of rotatable bonds is 5. The van der Waals surface area contributed by atoms with Gasteiger partial charge in [-0.3, -0.25) is 11.3 Å². The van der Waals surface area contributed by atoms with Crippen molar-refractivity contribution >= 4 is 0 Å². The van der Waals surface area contributed by atoms with Crippen LogP contribution < -0.4 is 11.3 Å². The van der Waals surface area contributed by atoms with Crippen molar-refractivity contribution < 1.29 is 9.15 Å². The minimum atomic E-state index is 0.265. The van der Waals surface area contributed by atoms with E-state index in [4.69, 9.17) is 15.0 Å². The average molecular weight is 224 g/mol. The molecule has 2 rings (SSSR count). The summed E-state index contributed by atoms with van der Waals surface area (Å²) in [6.45, 7) is 0.896. The highest BCUT2D eigenvalue weighted by Crippen LogP contribution is 2.18. The van der Waals surface area contributed by atoms with Crippen LogP contribution in [0.5, 0.6) is 0 Å². The molecule has 0 saturated carbocycles. The van der Waals surface area contributed by atoms with Crippen LogP contribution in [0.15, 0.2) is 23.0 Å². The summed E-state index contributed by atoms with van der Waals surface area (Å²) >= 11 is 0. The summed E-state index contributed by atoms with van der Waals surface area (Å²) in [6.07, 6.45) is 9.32. The van der Waals surface area contributed by atoms with Crippen molar-refractivity contribution in [2.24, 2.45) is 5.84 Å². The standard InChI is InChI=1S/C12H20N2O2/c13-14-11(7-10-4-6-15-9-10)8-12-3-1-2-5-16-12/h4,6,9,11-12,14H,1-3,5,7-8,13H2. The van der Waals surface area contributed by atoms with Crippen LogP contribution in [0, 0.1) is 0 Å². The molecule has 0 radical (unpaired) electrons. The second-order valence-electron chi connectivity index (χ2n) is 4.42. The Bertz CT molecular complexity index is 281. The van der Waals surface area contributed by atoms with Gasteiger partial charge in [0.15, 0.2) is 0 Å². The van der Waals surface area contributed by atoms with Gasteiger partial charge < -0.3 is 9.15 Å². The van der Waals surface area contributed by atoms with Crippen LogP contribution in [0.4, 0.5) is 0 Å². The van der Waals surface area contributed by atoms with Gasteiger partial charge in [0.05, 0.1) is 18.6 Å². The van der Waals surface area contributed by atoms with Crippen LogP contribution >= 0.6 is 0 Å². The van der Waals surface area contributed by atoms with E-state index in [0.717, 1.165) is 25.9 Å². The number of hydrogen-bond donors (Lipinski definition) is 2. The van der Waals surface area contributed by atoms with E-state index >= 15 is 0 Å². The lowest BCUT2D eigenvalue weighted by Gasteiger charge is -2.26. The zero-order valence-corrected chi connectivity index (χ0v) is 9.52. The smallest absolute Gasteiger partial charge is 0.0935 e. The van der Waals surface area contributed by atoms with Crippen LogP contribution in [-0.2, 0) is 11.2 Å². The van der Waals surface area contributed by atoms with E-state index in [9.17, 15) is 0 Å². The molecule has 1 aromatic rings. The molecule has 1 aromatic heterocycles. The molecule has 1 aliphatic heterocycles. The highest BCUT2D eigenvalue weighted by molar-refractivity contribution is 5.07. The normalized spacial score (nSPS) is 23.2. The van der Waals surface area contributed by atoms with E-state index < -0.39 is 0 Å². The monoisotopic (exact) mass is 224 g/mol. The average Bonchev–Trinajstić information content (AvgIpc) is 2.82. The van der Waals surface area contributed by atoms with E-state index in [1.165, 1.54) is 18.4 Å².